The van der Waals surface area contributed by atoms with Crippen molar-refractivity contribution in [3.63, 3.8) is 0 Å². The minimum atomic E-state index is -0.570. The van der Waals surface area contributed by atoms with Gasteiger partial charge >= 0.3 is 6.09 Å². The molecule has 0 saturated heterocycles. The normalized spacial score (nSPS) is 11.3. The Morgan fingerprint density at radius 1 is 1.24 bits per heavy atom. The van der Waals surface area contributed by atoms with Crippen LogP contribution in [0, 0.1) is 0 Å². The molecule has 1 aromatic carbocycles. The number of hydrogen-bond donors (Lipinski definition) is 2. The average molecular weight is 291 g/mol. The van der Waals surface area contributed by atoms with E-state index in [9.17, 15) is 9.90 Å². The summed E-state index contributed by atoms with van der Waals surface area (Å²) >= 11 is 0. The minimum absolute atomic E-state index is 0.138. The Balaban J connectivity index is 2.50. The third-order valence-electron chi connectivity index (χ3n) is 2.65. The molecule has 0 aromatic heterocycles. The highest BCUT2D eigenvalue weighted by atomic mass is 16.5. The fourth-order valence-electron chi connectivity index (χ4n) is 1.67. The van der Waals surface area contributed by atoms with Gasteiger partial charge in [0.15, 0.2) is 0 Å². The second-order valence-electron chi connectivity index (χ2n) is 4.36. The highest BCUT2D eigenvalue weighted by Crippen LogP contribution is 2.13. The van der Waals surface area contributed by atoms with Crippen molar-refractivity contribution in [2.75, 3.05) is 19.8 Å². The van der Waals surface area contributed by atoms with Gasteiger partial charge in [-0.05, 0) is 24.1 Å². The Morgan fingerprint density at radius 3 is 2.48 bits per heavy atom. The topological polar surface area (TPSA) is 67.8 Å². The van der Waals surface area contributed by atoms with Gasteiger partial charge in [-0.2, -0.15) is 0 Å². The summed E-state index contributed by atoms with van der Waals surface area (Å²) in [4.78, 5) is 11.4. The van der Waals surface area contributed by atoms with Gasteiger partial charge in [-0.3, -0.25) is 0 Å². The second kappa shape index (κ2) is 9.61. The predicted molar refractivity (Wildman–Crippen MR) is 81.4 cm³/mol. The van der Waals surface area contributed by atoms with Crippen LogP contribution in [0.5, 0.6) is 5.75 Å². The predicted octanol–water partition coefficient (Wildman–Crippen LogP) is 2.07. The van der Waals surface area contributed by atoms with Gasteiger partial charge in [0, 0.05) is 0 Å². The molecule has 5 heteroatoms. The molecule has 0 spiro atoms. The number of nitrogens with one attached hydrogen (secondary N) is 1. The number of alkyl carbamates (subject to hydrolysis) is 1. The van der Waals surface area contributed by atoms with Gasteiger partial charge in [-0.15, -0.1) is 0 Å². The van der Waals surface area contributed by atoms with Gasteiger partial charge in [-0.1, -0.05) is 37.4 Å². The number of benzene rings is 1. The van der Waals surface area contributed by atoms with Gasteiger partial charge in [-0.25, -0.2) is 4.79 Å². The summed E-state index contributed by atoms with van der Waals surface area (Å²) in [5, 5.41) is 11.9. The van der Waals surface area contributed by atoms with Gasteiger partial charge in [0.25, 0.3) is 0 Å². The van der Waals surface area contributed by atoms with Crippen molar-refractivity contribution >= 4 is 6.09 Å². The smallest absolute Gasteiger partial charge is 0.407 e. The maximum atomic E-state index is 11.4. The summed E-state index contributed by atoms with van der Waals surface area (Å²) in [5.41, 5.74) is 0.976. The van der Waals surface area contributed by atoms with E-state index in [2.05, 4.69) is 18.5 Å². The first-order valence-corrected chi connectivity index (χ1v) is 6.67. The molecule has 0 saturated carbocycles. The molecular formula is C16H21NO4. The number of hydrogen-bond acceptors (Lipinski definition) is 4. The summed E-state index contributed by atoms with van der Waals surface area (Å²) in [6, 6.07) is 7.05. The van der Waals surface area contributed by atoms with Crippen molar-refractivity contribution in [1.29, 1.82) is 0 Å². The van der Waals surface area contributed by atoms with Crippen LogP contribution in [0.4, 0.5) is 4.79 Å². The maximum absolute atomic E-state index is 11.4. The van der Waals surface area contributed by atoms with E-state index in [1.165, 1.54) is 6.08 Å². The molecule has 0 aliphatic rings. The van der Waals surface area contributed by atoms with Gasteiger partial charge in [0.2, 0.25) is 0 Å². The van der Waals surface area contributed by atoms with E-state index in [1.807, 2.05) is 24.3 Å². The quantitative estimate of drug-likeness (QED) is 0.683. The Kier molecular flexibility index (Phi) is 7.68. The highest BCUT2D eigenvalue weighted by molar-refractivity contribution is 5.67. The molecule has 5 nitrogen and oxygen atoms in total. The molecule has 0 heterocycles. The monoisotopic (exact) mass is 291 g/mol. The number of amides is 1. The van der Waals surface area contributed by atoms with Gasteiger partial charge < -0.3 is 19.9 Å². The van der Waals surface area contributed by atoms with Crippen molar-refractivity contribution in [3.05, 3.63) is 55.1 Å². The van der Waals surface area contributed by atoms with E-state index in [4.69, 9.17) is 9.47 Å². The van der Waals surface area contributed by atoms with Crippen molar-refractivity contribution in [1.82, 2.24) is 5.32 Å². The Hall–Kier alpha value is -2.27. The van der Waals surface area contributed by atoms with E-state index in [0.29, 0.717) is 13.0 Å². The molecule has 2 N–H and O–H groups in total. The van der Waals surface area contributed by atoms with E-state index >= 15 is 0 Å². The summed E-state index contributed by atoms with van der Waals surface area (Å²) in [5.74, 6) is 0.748. The Morgan fingerprint density at radius 2 is 1.90 bits per heavy atom. The average Bonchev–Trinajstić information content (AvgIpc) is 2.51. The lowest BCUT2D eigenvalue weighted by atomic mass is 10.1. The molecule has 21 heavy (non-hydrogen) atoms. The molecule has 0 aliphatic carbocycles. The lowest BCUT2D eigenvalue weighted by Crippen LogP contribution is -2.39. The molecule has 0 aliphatic heterocycles. The highest BCUT2D eigenvalue weighted by Gasteiger charge is 2.12. The fraction of sp³-hybridized carbons (Fsp3) is 0.312. The number of aliphatic hydroxyl groups excluding tert-OH is 1. The zero-order valence-electron chi connectivity index (χ0n) is 12.0. The Bertz CT molecular complexity index is 456. The number of rotatable bonds is 9. The van der Waals surface area contributed by atoms with Crippen LogP contribution in [-0.4, -0.2) is 37.1 Å². The van der Waals surface area contributed by atoms with Crippen LogP contribution in [0.2, 0.25) is 0 Å². The van der Waals surface area contributed by atoms with Crippen LogP contribution in [0.15, 0.2) is 49.6 Å². The number of carbonyl (C=O) groups is 1. The molecule has 1 rings (SSSR count). The standard InChI is InChI=1S/C16H21NO4/c1-3-9-20-15-7-5-13(6-8-15)11-14(12-18)17-16(19)21-10-4-2/h3-8,14,18H,1-2,9-12H2,(H,17,19). The summed E-state index contributed by atoms with van der Waals surface area (Å²) in [6.07, 6.45) is 3.09. The minimum Gasteiger partial charge on any atom is -0.490 e. The fourth-order valence-corrected chi connectivity index (χ4v) is 1.67. The molecule has 0 bridgehead atoms. The molecule has 0 radical (unpaired) electrons. The van der Waals surface area contributed by atoms with Crippen LogP contribution in [-0.2, 0) is 11.2 Å². The zero-order chi connectivity index (χ0) is 15.5. The van der Waals surface area contributed by atoms with Crippen LogP contribution >= 0.6 is 0 Å². The van der Waals surface area contributed by atoms with Crippen LogP contribution in [0.25, 0.3) is 0 Å². The first-order valence-electron chi connectivity index (χ1n) is 6.67. The number of aliphatic hydroxyl groups is 1. The molecule has 114 valence electrons. The van der Waals surface area contributed by atoms with E-state index in [-0.39, 0.29) is 13.2 Å². The molecule has 1 atom stereocenters. The summed E-state index contributed by atoms with van der Waals surface area (Å²) in [6.45, 7) is 7.46. The lowest BCUT2D eigenvalue weighted by Gasteiger charge is -2.16. The molecule has 1 unspecified atom stereocenters. The van der Waals surface area contributed by atoms with Crippen molar-refractivity contribution in [3.8, 4) is 5.75 Å². The van der Waals surface area contributed by atoms with E-state index < -0.39 is 12.1 Å². The van der Waals surface area contributed by atoms with Crippen molar-refractivity contribution in [2.24, 2.45) is 0 Å². The van der Waals surface area contributed by atoms with Gasteiger partial charge in [0.1, 0.15) is 19.0 Å². The van der Waals surface area contributed by atoms with Crippen molar-refractivity contribution < 1.29 is 19.4 Å². The third-order valence-corrected chi connectivity index (χ3v) is 2.65. The van der Waals surface area contributed by atoms with E-state index in [0.717, 1.165) is 11.3 Å². The first kappa shape index (κ1) is 16.8. The zero-order valence-corrected chi connectivity index (χ0v) is 12.0. The van der Waals surface area contributed by atoms with Crippen LogP contribution < -0.4 is 10.1 Å². The molecule has 1 amide bonds. The van der Waals surface area contributed by atoms with E-state index in [1.54, 1.807) is 6.08 Å². The number of carbonyl (C=O) groups excluding carboxylic acids is 1. The maximum Gasteiger partial charge on any atom is 0.407 e. The SMILES string of the molecule is C=CCOC(=O)NC(CO)Cc1ccc(OCC=C)cc1. The molecule has 1 aromatic rings. The van der Waals surface area contributed by atoms with Gasteiger partial charge in [0.05, 0.1) is 12.6 Å². The van der Waals surface area contributed by atoms with Crippen molar-refractivity contribution in [2.45, 2.75) is 12.5 Å². The summed E-state index contributed by atoms with van der Waals surface area (Å²) in [7, 11) is 0. The largest absolute Gasteiger partial charge is 0.490 e. The molecule has 0 fully saturated rings. The lowest BCUT2D eigenvalue weighted by molar-refractivity contribution is 0.146. The van der Waals surface area contributed by atoms with Crippen LogP contribution in [0.1, 0.15) is 5.56 Å². The second-order valence-corrected chi connectivity index (χ2v) is 4.36. The summed E-state index contributed by atoms with van der Waals surface area (Å²) < 4.78 is 10.2. The van der Waals surface area contributed by atoms with Crippen LogP contribution in [0.3, 0.4) is 0 Å². The number of ether oxygens (including phenoxy) is 2. The first-order chi connectivity index (χ1) is 10.2. The molecular weight excluding hydrogens is 270 g/mol. The Labute approximate surface area is 124 Å². The third kappa shape index (κ3) is 6.63.